The van der Waals surface area contributed by atoms with Gasteiger partial charge in [0.15, 0.2) is 0 Å². The molecule has 0 aliphatic rings. The van der Waals surface area contributed by atoms with Crippen molar-refractivity contribution in [2.24, 2.45) is 0 Å². The van der Waals surface area contributed by atoms with E-state index < -0.39 is 11.9 Å². The minimum absolute atomic E-state index is 0.106. The second kappa shape index (κ2) is 4.75. The van der Waals surface area contributed by atoms with E-state index in [0.717, 1.165) is 6.08 Å². The molecule has 0 bridgehead atoms. The molecule has 5 heteroatoms. The maximum Gasteiger partial charge on any atom is 0.335 e. The molecule has 0 fully saturated rings. The summed E-state index contributed by atoms with van der Waals surface area (Å²) in [5.74, 6) is -2.13. The summed E-state index contributed by atoms with van der Waals surface area (Å²) in [7, 11) is 0. The molecular formula is C10H7BrO4. The number of rotatable bonds is 3. The molecule has 1 aromatic carbocycles. The number of carboxylic acids is 2. The van der Waals surface area contributed by atoms with Gasteiger partial charge in [0.2, 0.25) is 0 Å². The van der Waals surface area contributed by atoms with E-state index >= 15 is 0 Å². The topological polar surface area (TPSA) is 74.6 Å². The van der Waals surface area contributed by atoms with Gasteiger partial charge in [0, 0.05) is 10.5 Å². The highest BCUT2D eigenvalue weighted by Gasteiger charge is 2.04. The normalized spacial score (nSPS) is 10.5. The molecule has 0 aliphatic heterocycles. The number of carbonyl (C=O) groups is 2. The Morgan fingerprint density at radius 3 is 2.40 bits per heavy atom. The second-order valence-corrected chi connectivity index (χ2v) is 3.67. The molecule has 0 atom stereocenters. The van der Waals surface area contributed by atoms with E-state index in [9.17, 15) is 9.59 Å². The SMILES string of the molecule is O=C(O)C=Cc1cc(Br)cc(C(=O)O)c1. The van der Waals surface area contributed by atoms with Crippen LogP contribution in [0.5, 0.6) is 0 Å². The molecule has 4 nitrogen and oxygen atoms in total. The molecule has 1 rings (SSSR count). The molecule has 0 saturated carbocycles. The van der Waals surface area contributed by atoms with Crippen LogP contribution in [-0.2, 0) is 4.79 Å². The summed E-state index contributed by atoms with van der Waals surface area (Å²) in [6.07, 6.45) is 2.28. The number of halogens is 1. The van der Waals surface area contributed by atoms with Gasteiger partial charge in [0.1, 0.15) is 0 Å². The Hall–Kier alpha value is -1.62. The predicted octanol–water partition coefficient (Wildman–Crippen LogP) is 2.25. The molecular weight excluding hydrogens is 264 g/mol. The van der Waals surface area contributed by atoms with Crippen molar-refractivity contribution in [1.82, 2.24) is 0 Å². The minimum Gasteiger partial charge on any atom is -0.478 e. The van der Waals surface area contributed by atoms with Crippen LogP contribution in [0.25, 0.3) is 6.08 Å². The molecule has 0 spiro atoms. The van der Waals surface area contributed by atoms with Crippen molar-refractivity contribution < 1.29 is 19.8 Å². The van der Waals surface area contributed by atoms with Gasteiger partial charge in [-0.3, -0.25) is 0 Å². The summed E-state index contributed by atoms with van der Waals surface area (Å²) in [4.78, 5) is 20.9. The number of benzene rings is 1. The smallest absolute Gasteiger partial charge is 0.335 e. The summed E-state index contributed by atoms with van der Waals surface area (Å²) < 4.78 is 0.590. The monoisotopic (exact) mass is 270 g/mol. The van der Waals surface area contributed by atoms with E-state index in [1.165, 1.54) is 18.2 Å². The van der Waals surface area contributed by atoms with Crippen molar-refractivity contribution in [3.8, 4) is 0 Å². The number of aliphatic carboxylic acids is 1. The van der Waals surface area contributed by atoms with E-state index in [0.29, 0.717) is 10.0 Å². The number of carboxylic acid groups (broad SMARTS) is 2. The Labute approximate surface area is 94.0 Å². The molecule has 0 radical (unpaired) electrons. The number of aromatic carboxylic acids is 1. The summed E-state index contributed by atoms with van der Waals surface area (Å²) in [5.41, 5.74) is 0.624. The summed E-state index contributed by atoms with van der Waals surface area (Å²) in [6.45, 7) is 0. The maximum atomic E-state index is 10.7. The number of hydrogen-bond donors (Lipinski definition) is 2. The van der Waals surface area contributed by atoms with Crippen LogP contribution in [0.4, 0.5) is 0 Å². The first-order chi connectivity index (χ1) is 6.99. The summed E-state index contributed by atoms with van der Waals surface area (Å²) >= 11 is 3.14. The van der Waals surface area contributed by atoms with Crippen LogP contribution in [0, 0.1) is 0 Å². The van der Waals surface area contributed by atoms with Crippen LogP contribution in [-0.4, -0.2) is 22.2 Å². The fourth-order valence-corrected chi connectivity index (χ4v) is 1.51. The van der Waals surface area contributed by atoms with Crippen LogP contribution >= 0.6 is 15.9 Å². The average Bonchev–Trinajstić information content (AvgIpc) is 2.13. The quantitative estimate of drug-likeness (QED) is 0.827. The summed E-state index contributed by atoms with van der Waals surface area (Å²) in [6, 6.07) is 4.47. The maximum absolute atomic E-state index is 10.7. The van der Waals surface area contributed by atoms with Gasteiger partial charge in [-0.05, 0) is 29.8 Å². The third kappa shape index (κ3) is 3.55. The van der Waals surface area contributed by atoms with Crippen LogP contribution in [0.1, 0.15) is 15.9 Å². The fraction of sp³-hybridized carbons (Fsp3) is 0. The van der Waals surface area contributed by atoms with E-state index in [1.54, 1.807) is 6.07 Å². The first kappa shape index (κ1) is 11.5. The first-order valence-electron chi connectivity index (χ1n) is 3.94. The van der Waals surface area contributed by atoms with Crippen molar-refractivity contribution in [3.63, 3.8) is 0 Å². The molecule has 0 aliphatic carbocycles. The Morgan fingerprint density at radius 2 is 1.87 bits per heavy atom. The van der Waals surface area contributed by atoms with E-state index in [-0.39, 0.29) is 5.56 Å². The highest BCUT2D eigenvalue weighted by Crippen LogP contribution is 2.17. The molecule has 0 aromatic heterocycles. The highest BCUT2D eigenvalue weighted by atomic mass is 79.9. The standard InChI is InChI=1S/C10H7BrO4/c11-8-4-6(1-2-9(12)13)3-7(5-8)10(14)15/h1-5H,(H,12,13)(H,14,15). The van der Waals surface area contributed by atoms with Crippen LogP contribution in [0.3, 0.4) is 0 Å². The molecule has 1 aromatic rings. The molecule has 0 saturated heterocycles. The van der Waals surface area contributed by atoms with Crippen molar-refractivity contribution >= 4 is 33.9 Å². The zero-order chi connectivity index (χ0) is 11.4. The minimum atomic E-state index is -1.08. The molecule has 15 heavy (non-hydrogen) atoms. The lowest BCUT2D eigenvalue weighted by atomic mass is 10.1. The molecule has 0 amide bonds. The van der Waals surface area contributed by atoms with E-state index in [4.69, 9.17) is 10.2 Å². The van der Waals surface area contributed by atoms with Gasteiger partial charge in [0.05, 0.1) is 5.56 Å². The lowest BCUT2D eigenvalue weighted by Gasteiger charge is -1.99. The molecule has 0 heterocycles. The first-order valence-corrected chi connectivity index (χ1v) is 4.73. The van der Waals surface area contributed by atoms with Gasteiger partial charge >= 0.3 is 11.9 Å². The predicted molar refractivity (Wildman–Crippen MR) is 57.8 cm³/mol. The molecule has 2 N–H and O–H groups in total. The third-order valence-corrected chi connectivity index (χ3v) is 2.04. The lowest BCUT2D eigenvalue weighted by molar-refractivity contribution is -0.131. The van der Waals surface area contributed by atoms with Crippen molar-refractivity contribution in [2.45, 2.75) is 0 Å². The van der Waals surface area contributed by atoms with Crippen molar-refractivity contribution in [1.29, 1.82) is 0 Å². The third-order valence-electron chi connectivity index (χ3n) is 1.59. The van der Waals surface area contributed by atoms with Gasteiger partial charge in [-0.1, -0.05) is 15.9 Å². The van der Waals surface area contributed by atoms with E-state index in [1.807, 2.05) is 0 Å². The zero-order valence-corrected chi connectivity index (χ0v) is 9.06. The van der Waals surface area contributed by atoms with Crippen molar-refractivity contribution in [3.05, 3.63) is 39.9 Å². The summed E-state index contributed by atoms with van der Waals surface area (Å²) in [5, 5.41) is 17.2. The Bertz CT molecular complexity index is 437. The zero-order valence-electron chi connectivity index (χ0n) is 7.48. The Balaban J connectivity index is 3.09. The Kier molecular flexibility index (Phi) is 3.62. The molecule has 78 valence electrons. The van der Waals surface area contributed by atoms with Gasteiger partial charge in [-0.2, -0.15) is 0 Å². The van der Waals surface area contributed by atoms with E-state index in [2.05, 4.69) is 15.9 Å². The van der Waals surface area contributed by atoms with Gasteiger partial charge in [-0.25, -0.2) is 9.59 Å². The van der Waals surface area contributed by atoms with Crippen LogP contribution in [0.2, 0.25) is 0 Å². The second-order valence-electron chi connectivity index (χ2n) is 2.75. The Morgan fingerprint density at radius 1 is 1.20 bits per heavy atom. The fourth-order valence-electron chi connectivity index (χ4n) is 1.000. The highest BCUT2D eigenvalue weighted by molar-refractivity contribution is 9.10. The van der Waals surface area contributed by atoms with Crippen molar-refractivity contribution in [2.75, 3.05) is 0 Å². The average molecular weight is 271 g/mol. The van der Waals surface area contributed by atoms with Gasteiger partial charge < -0.3 is 10.2 Å². The van der Waals surface area contributed by atoms with Crippen LogP contribution < -0.4 is 0 Å². The molecule has 0 unspecified atom stereocenters. The van der Waals surface area contributed by atoms with Gasteiger partial charge in [-0.15, -0.1) is 0 Å². The lowest BCUT2D eigenvalue weighted by Crippen LogP contribution is -1.96. The largest absolute Gasteiger partial charge is 0.478 e. The number of hydrogen-bond acceptors (Lipinski definition) is 2. The van der Waals surface area contributed by atoms with Gasteiger partial charge in [0.25, 0.3) is 0 Å². The van der Waals surface area contributed by atoms with Crippen LogP contribution in [0.15, 0.2) is 28.7 Å².